The molecule has 1 aliphatic rings. The maximum absolute atomic E-state index is 12.4. The Hall–Kier alpha value is -1.30. The summed E-state index contributed by atoms with van der Waals surface area (Å²) in [6.45, 7) is 7.88. The molecule has 1 saturated heterocycles. The summed E-state index contributed by atoms with van der Waals surface area (Å²) in [6.07, 6.45) is 0.196. The molecular formula is C13H24N2O4. The molecule has 2 amide bonds. The van der Waals surface area contributed by atoms with E-state index in [9.17, 15) is 19.8 Å². The van der Waals surface area contributed by atoms with Crippen molar-refractivity contribution in [2.45, 2.75) is 45.8 Å². The number of rotatable bonds is 3. The number of likely N-dealkylation sites (N-methyl/N-ethyl adjacent to an activating group) is 1. The van der Waals surface area contributed by atoms with E-state index in [0.717, 1.165) is 6.42 Å². The van der Waals surface area contributed by atoms with Crippen LogP contribution in [0.25, 0.3) is 0 Å². The quantitative estimate of drug-likeness (QED) is 0.803. The fourth-order valence-electron chi connectivity index (χ4n) is 2.28. The minimum absolute atomic E-state index is 0.173. The van der Waals surface area contributed by atoms with Crippen LogP contribution in [0.3, 0.4) is 0 Å². The van der Waals surface area contributed by atoms with Gasteiger partial charge in [-0.1, -0.05) is 6.92 Å². The first-order chi connectivity index (χ1) is 8.71. The number of urea groups is 1. The first-order valence-electron chi connectivity index (χ1n) is 6.69. The van der Waals surface area contributed by atoms with Crippen LogP contribution in [0.15, 0.2) is 0 Å². The molecule has 0 aromatic carbocycles. The number of carboxylic acids is 1. The van der Waals surface area contributed by atoms with E-state index in [1.165, 1.54) is 18.7 Å². The standard InChI is InChI=1S/C13H24N2O4/c1-5-15(13(3,4)11(17)18)12(19)14-7-6-9(2)10(16)8-14/h9-10,16H,5-8H2,1-4H3,(H,17,18). The number of hydrogen-bond acceptors (Lipinski definition) is 3. The molecule has 0 aliphatic carbocycles. The van der Waals surface area contributed by atoms with Crippen LogP contribution in [0.4, 0.5) is 4.79 Å². The van der Waals surface area contributed by atoms with Crippen molar-refractivity contribution in [1.82, 2.24) is 9.80 Å². The van der Waals surface area contributed by atoms with Crippen molar-refractivity contribution < 1.29 is 19.8 Å². The molecular weight excluding hydrogens is 248 g/mol. The Bertz CT molecular complexity index is 357. The third kappa shape index (κ3) is 3.18. The number of aliphatic hydroxyl groups is 1. The Morgan fingerprint density at radius 3 is 2.42 bits per heavy atom. The summed E-state index contributed by atoms with van der Waals surface area (Å²) in [4.78, 5) is 26.5. The summed E-state index contributed by atoms with van der Waals surface area (Å²) in [6, 6.07) is -0.319. The smallest absolute Gasteiger partial charge is 0.329 e. The van der Waals surface area contributed by atoms with E-state index in [2.05, 4.69) is 0 Å². The van der Waals surface area contributed by atoms with Crippen LogP contribution in [0.1, 0.15) is 34.1 Å². The lowest BCUT2D eigenvalue weighted by Crippen LogP contribution is -2.59. The van der Waals surface area contributed by atoms with Gasteiger partial charge in [-0.05, 0) is 33.1 Å². The number of aliphatic carboxylic acids is 1. The van der Waals surface area contributed by atoms with Gasteiger partial charge in [0, 0.05) is 19.6 Å². The molecule has 0 saturated carbocycles. The normalized spacial score (nSPS) is 24.2. The molecule has 2 N–H and O–H groups in total. The fourth-order valence-corrected chi connectivity index (χ4v) is 2.28. The lowest BCUT2D eigenvalue weighted by molar-refractivity contribution is -0.147. The van der Waals surface area contributed by atoms with Gasteiger partial charge in [0.2, 0.25) is 0 Å². The van der Waals surface area contributed by atoms with Crippen molar-refractivity contribution in [2.24, 2.45) is 5.92 Å². The number of aliphatic hydroxyl groups excluding tert-OH is 1. The number of amides is 2. The zero-order valence-electron chi connectivity index (χ0n) is 12.1. The van der Waals surface area contributed by atoms with Crippen molar-refractivity contribution >= 4 is 12.0 Å². The van der Waals surface area contributed by atoms with Crippen LogP contribution in [0.5, 0.6) is 0 Å². The van der Waals surface area contributed by atoms with Crippen molar-refractivity contribution in [1.29, 1.82) is 0 Å². The summed E-state index contributed by atoms with van der Waals surface area (Å²) in [5, 5.41) is 19.1. The lowest BCUT2D eigenvalue weighted by atomic mass is 9.96. The zero-order chi connectivity index (χ0) is 14.8. The molecule has 0 aromatic rings. The maximum Gasteiger partial charge on any atom is 0.329 e. The topological polar surface area (TPSA) is 81.1 Å². The van der Waals surface area contributed by atoms with E-state index in [1.54, 1.807) is 11.8 Å². The van der Waals surface area contributed by atoms with Crippen LogP contribution in [0.2, 0.25) is 0 Å². The Balaban J connectivity index is 2.83. The van der Waals surface area contributed by atoms with Gasteiger partial charge in [-0.2, -0.15) is 0 Å². The second-order valence-electron chi connectivity index (χ2n) is 5.67. The van der Waals surface area contributed by atoms with Crippen LogP contribution in [-0.4, -0.2) is 63.3 Å². The predicted octanol–water partition coefficient (Wildman–Crippen LogP) is 0.994. The molecule has 0 aromatic heterocycles. The summed E-state index contributed by atoms with van der Waals surface area (Å²) in [7, 11) is 0. The number of β-amino-alcohol motifs (C(OH)–C–C–N with tert-alkyl or cyclic N) is 1. The highest BCUT2D eigenvalue weighted by Gasteiger charge is 2.40. The highest BCUT2D eigenvalue weighted by atomic mass is 16.4. The minimum Gasteiger partial charge on any atom is -0.480 e. The van der Waals surface area contributed by atoms with Gasteiger partial charge in [-0.15, -0.1) is 0 Å². The molecule has 6 nitrogen and oxygen atoms in total. The molecule has 1 rings (SSSR count). The molecule has 1 fully saturated rings. The molecule has 1 heterocycles. The molecule has 0 spiro atoms. The highest BCUT2D eigenvalue weighted by Crippen LogP contribution is 2.22. The van der Waals surface area contributed by atoms with Crippen LogP contribution >= 0.6 is 0 Å². The largest absolute Gasteiger partial charge is 0.480 e. The number of nitrogens with zero attached hydrogens (tertiary/aromatic N) is 2. The number of carbonyl (C=O) groups excluding carboxylic acids is 1. The molecule has 19 heavy (non-hydrogen) atoms. The molecule has 0 radical (unpaired) electrons. The molecule has 1 aliphatic heterocycles. The number of likely N-dealkylation sites (tertiary alicyclic amines) is 1. The maximum atomic E-state index is 12.4. The Labute approximate surface area is 114 Å². The zero-order valence-corrected chi connectivity index (χ0v) is 12.1. The predicted molar refractivity (Wildman–Crippen MR) is 70.9 cm³/mol. The van der Waals surface area contributed by atoms with Gasteiger partial charge in [-0.25, -0.2) is 9.59 Å². The summed E-state index contributed by atoms with van der Waals surface area (Å²) in [5.74, 6) is -0.861. The summed E-state index contributed by atoms with van der Waals surface area (Å²) >= 11 is 0. The average Bonchev–Trinajstić information content (AvgIpc) is 2.32. The van der Waals surface area contributed by atoms with Crippen LogP contribution < -0.4 is 0 Å². The third-order valence-electron chi connectivity index (χ3n) is 3.93. The summed E-state index contributed by atoms with van der Waals surface area (Å²) < 4.78 is 0. The molecule has 110 valence electrons. The van der Waals surface area contributed by atoms with Crippen molar-refractivity contribution in [3.63, 3.8) is 0 Å². The Kier molecular flexibility index (Phi) is 4.79. The van der Waals surface area contributed by atoms with Gasteiger partial charge in [0.1, 0.15) is 5.54 Å². The number of hydrogen-bond donors (Lipinski definition) is 2. The summed E-state index contributed by atoms with van der Waals surface area (Å²) in [5.41, 5.74) is -1.25. The van der Waals surface area contributed by atoms with E-state index in [1.807, 2.05) is 6.92 Å². The van der Waals surface area contributed by atoms with E-state index < -0.39 is 17.6 Å². The lowest BCUT2D eigenvalue weighted by Gasteiger charge is -2.41. The fraction of sp³-hybridized carbons (Fsp3) is 0.846. The second-order valence-corrected chi connectivity index (χ2v) is 5.67. The number of carboxylic acid groups (broad SMARTS) is 1. The van der Waals surface area contributed by atoms with Crippen molar-refractivity contribution in [3.05, 3.63) is 0 Å². The molecule has 0 bridgehead atoms. The highest BCUT2D eigenvalue weighted by molar-refractivity contribution is 5.85. The SMILES string of the molecule is CCN(C(=O)N1CCC(C)C(O)C1)C(C)(C)C(=O)O. The third-order valence-corrected chi connectivity index (χ3v) is 3.93. The van der Waals surface area contributed by atoms with Gasteiger partial charge < -0.3 is 20.0 Å². The second kappa shape index (κ2) is 5.77. The van der Waals surface area contributed by atoms with Crippen LogP contribution in [0, 0.1) is 5.92 Å². The first-order valence-corrected chi connectivity index (χ1v) is 6.69. The van der Waals surface area contributed by atoms with Crippen LogP contribution in [-0.2, 0) is 4.79 Å². The van der Waals surface area contributed by atoms with E-state index in [4.69, 9.17) is 0 Å². The monoisotopic (exact) mass is 272 g/mol. The van der Waals surface area contributed by atoms with E-state index in [0.29, 0.717) is 13.1 Å². The first kappa shape index (κ1) is 15.8. The number of piperidine rings is 1. The minimum atomic E-state index is -1.25. The average molecular weight is 272 g/mol. The van der Waals surface area contributed by atoms with Crippen molar-refractivity contribution in [3.8, 4) is 0 Å². The number of carbonyl (C=O) groups is 2. The Morgan fingerprint density at radius 2 is 2.00 bits per heavy atom. The molecule has 6 heteroatoms. The van der Waals surface area contributed by atoms with Gasteiger partial charge in [-0.3, -0.25) is 0 Å². The van der Waals surface area contributed by atoms with E-state index >= 15 is 0 Å². The Morgan fingerprint density at radius 1 is 1.42 bits per heavy atom. The van der Waals surface area contributed by atoms with Gasteiger partial charge >= 0.3 is 12.0 Å². The van der Waals surface area contributed by atoms with Crippen molar-refractivity contribution in [2.75, 3.05) is 19.6 Å². The van der Waals surface area contributed by atoms with E-state index in [-0.39, 0.29) is 18.5 Å². The van der Waals surface area contributed by atoms with Gasteiger partial charge in [0.25, 0.3) is 0 Å². The van der Waals surface area contributed by atoms with Gasteiger partial charge in [0.15, 0.2) is 0 Å². The molecule has 2 unspecified atom stereocenters. The molecule has 2 atom stereocenters. The van der Waals surface area contributed by atoms with Gasteiger partial charge in [0.05, 0.1) is 6.10 Å².